The lowest BCUT2D eigenvalue weighted by molar-refractivity contribution is -0.0233. The first kappa shape index (κ1) is 10.9. The fraction of sp³-hybridized carbons (Fsp3) is 1.00. The van der Waals surface area contributed by atoms with Gasteiger partial charge in [0.25, 0.3) is 0 Å². The van der Waals surface area contributed by atoms with Crippen LogP contribution in [0.4, 0.5) is 0 Å². The molecule has 0 aliphatic heterocycles. The van der Waals surface area contributed by atoms with Gasteiger partial charge < -0.3 is 4.74 Å². The van der Waals surface area contributed by atoms with Crippen LogP contribution in [-0.4, -0.2) is 18.8 Å². The third kappa shape index (κ3) is 6.32. The number of rotatable bonds is 6. The minimum Gasteiger partial charge on any atom is -0.376 e. The molecular weight excluding hydrogens is 140 g/mol. The number of hydrogen-bond acceptors (Lipinski definition) is 1. The van der Waals surface area contributed by atoms with Crippen molar-refractivity contribution in [2.24, 2.45) is 0 Å². The first-order valence-electron chi connectivity index (χ1n) is 4.34. The van der Waals surface area contributed by atoms with E-state index in [1.54, 1.807) is 0 Å². The van der Waals surface area contributed by atoms with Crippen LogP contribution in [0.3, 0.4) is 0 Å². The second-order valence-corrected chi connectivity index (χ2v) is 3.37. The van der Waals surface area contributed by atoms with Gasteiger partial charge in [-0.2, -0.15) is 0 Å². The molecule has 0 heterocycles. The summed E-state index contributed by atoms with van der Waals surface area (Å²) in [6, 6.07) is 0. The summed E-state index contributed by atoms with van der Waals surface area (Å²) in [5.74, 6) is 0. The Morgan fingerprint density at radius 1 is 1.27 bits per heavy atom. The quantitative estimate of drug-likeness (QED) is 0.547. The molecule has 2 nitrogen and oxygen atoms in total. The topological polar surface area (TPSA) is 29.1 Å². The van der Waals surface area contributed by atoms with Crippen molar-refractivity contribution in [2.45, 2.75) is 45.6 Å². The fourth-order valence-electron chi connectivity index (χ4n) is 0.655. The van der Waals surface area contributed by atoms with Gasteiger partial charge in [-0.1, -0.05) is 6.92 Å². The molecule has 0 aromatic carbocycles. The summed E-state index contributed by atoms with van der Waals surface area (Å²) in [7, 11) is 0. The van der Waals surface area contributed by atoms with E-state index in [1.165, 1.54) is 0 Å². The van der Waals surface area contributed by atoms with Gasteiger partial charge in [0.05, 0.1) is 12.2 Å². The molecule has 2 heteroatoms. The zero-order chi connectivity index (χ0) is 8.74. The molecule has 1 radical (unpaired) electrons. The third-order valence-corrected chi connectivity index (χ3v) is 1.88. The van der Waals surface area contributed by atoms with E-state index in [0.717, 1.165) is 25.9 Å². The van der Waals surface area contributed by atoms with E-state index < -0.39 is 0 Å². The minimum absolute atomic E-state index is 0.0110. The smallest absolute Gasteiger partial charge is 0.0823 e. The zero-order valence-electron chi connectivity index (χ0n) is 7.85. The Kier molecular flexibility index (Phi) is 5.51. The molecule has 0 aliphatic carbocycles. The van der Waals surface area contributed by atoms with Gasteiger partial charge in [0, 0.05) is 6.61 Å². The molecule has 0 N–H and O–H groups in total. The summed E-state index contributed by atoms with van der Waals surface area (Å²) in [4.78, 5) is 0. The summed E-state index contributed by atoms with van der Waals surface area (Å²) in [6.07, 6.45) is 2.65. The van der Waals surface area contributed by atoms with Crippen LogP contribution in [0.15, 0.2) is 0 Å². The lowest BCUT2D eigenvalue weighted by Gasteiger charge is -2.23. The van der Waals surface area contributed by atoms with Gasteiger partial charge in [0.15, 0.2) is 0 Å². The molecule has 0 bridgehead atoms. The molecule has 0 spiro atoms. The van der Waals surface area contributed by atoms with Gasteiger partial charge in [-0.25, -0.2) is 5.11 Å². The van der Waals surface area contributed by atoms with Crippen molar-refractivity contribution < 1.29 is 9.84 Å². The average molecular weight is 159 g/mol. The molecule has 0 saturated carbocycles. The molecule has 0 aromatic rings. The highest BCUT2D eigenvalue weighted by molar-refractivity contribution is 4.64. The molecule has 0 fully saturated rings. The van der Waals surface area contributed by atoms with Crippen LogP contribution >= 0.6 is 0 Å². The molecule has 0 saturated heterocycles. The van der Waals surface area contributed by atoms with Gasteiger partial charge in [0.1, 0.15) is 0 Å². The molecular formula is C9H19O2. The molecule has 0 aliphatic rings. The maximum Gasteiger partial charge on any atom is 0.0823 e. The zero-order valence-corrected chi connectivity index (χ0v) is 7.85. The molecule has 11 heavy (non-hydrogen) atoms. The Bertz CT molecular complexity index is 89.6. The highest BCUT2D eigenvalue weighted by atomic mass is 16.5. The maximum atomic E-state index is 10.1. The Balaban J connectivity index is 3.23. The van der Waals surface area contributed by atoms with Crippen molar-refractivity contribution in [3.63, 3.8) is 0 Å². The Morgan fingerprint density at radius 2 is 1.91 bits per heavy atom. The second-order valence-electron chi connectivity index (χ2n) is 3.37. The lowest BCUT2D eigenvalue weighted by Crippen LogP contribution is -2.23. The number of ether oxygens (including phenoxy) is 1. The minimum atomic E-state index is -0.0110. The van der Waals surface area contributed by atoms with Crippen LogP contribution < -0.4 is 0 Å². The largest absolute Gasteiger partial charge is 0.376 e. The molecule has 0 rings (SSSR count). The van der Waals surface area contributed by atoms with Crippen LogP contribution in [-0.2, 0) is 9.84 Å². The predicted molar refractivity (Wildman–Crippen MR) is 45.1 cm³/mol. The van der Waals surface area contributed by atoms with Crippen LogP contribution in [0, 0.1) is 0 Å². The standard InChI is InChI=1S/C9H19O2/c1-4-9(2,3)11-8-6-5-7-10/h4-8H2,1-3H3. The Morgan fingerprint density at radius 3 is 2.36 bits per heavy atom. The van der Waals surface area contributed by atoms with Gasteiger partial charge in [-0.3, -0.25) is 0 Å². The van der Waals surface area contributed by atoms with Crippen molar-refractivity contribution in [1.29, 1.82) is 0 Å². The van der Waals surface area contributed by atoms with Gasteiger partial charge >= 0.3 is 0 Å². The normalized spacial score (nSPS) is 12.0. The van der Waals surface area contributed by atoms with Gasteiger partial charge in [-0.05, 0) is 33.1 Å². The van der Waals surface area contributed by atoms with Gasteiger partial charge in [0.2, 0.25) is 0 Å². The van der Waals surface area contributed by atoms with E-state index in [0.29, 0.717) is 0 Å². The Hall–Kier alpha value is -0.0800. The van der Waals surface area contributed by atoms with Crippen molar-refractivity contribution >= 4 is 0 Å². The summed E-state index contributed by atoms with van der Waals surface area (Å²) in [6.45, 7) is 7.00. The van der Waals surface area contributed by atoms with Crippen LogP contribution in [0.2, 0.25) is 0 Å². The highest BCUT2D eigenvalue weighted by Gasteiger charge is 2.13. The highest BCUT2D eigenvalue weighted by Crippen LogP contribution is 2.13. The first-order chi connectivity index (χ1) is 5.12. The number of hydrogen-bond donors (Lipinski definition) is 0. The third-order valence-electron chi connectivity index (χ3n) is 1.88. The second kappa shape index (κ2) is 5.56. The van der Waals surface area contributed by atoms with Crippen molar-refractivity contribution in [1.82, 2.24) is 0 Å². The van der Waals surface area contributed by atoms with Crippen molar-refractivity contribution in [2.75, 3.05) is 13.2 Å². The number of unbranched alkanes of at least 4 members (excludes halogenated alkanes) is 1. The van der Waals surface area contributed by atoms with E-state index in [-0.39, 0.29) is 12.2 Å². The molecule has 0 aromatic heterocycles. The summed E-state index contributed by atoms with van der Waals surface area (Å²) in [5, 5.41) is 10.1. The van der Waals surface area contributed by atoms with E-state index in [4.69, 9.17) is 4.74 Å². The van der Waals surface area contributed by atoms with Gasteiger partial charge in [-0.15, -0.1) is 0 Å². The molecule has 0 atom stereocenters. The van der Waals surface area contributed by atoms with Crippen LogP contribution in [0.1, 0.15) is 40.0 Å². The molecule has 0 unspecified atom stereocenters. The lowest BCUT2D eigenvalue weighted by atomic mass is 10.1. The van der Waals surface area contributed by atoms with Crippen LogP contribution in [0.5, 0.6) is 0 Å². The van der Waals surface area contributed by atoms with Crippen LogP contribution in [0.25, 0.3) is 0 Å². The summed E-state index contributed by atoms with van der Waals surface area (Å²) >= 11 is 0. The monoisotopic (exact) mass is 159 g/mol. The average Bonchev–Trinajstić information content (AvgIpc) is 1.99. The molecule has 0 amide bonds. The maximum absolute atomic E-state index is 10.1. The van der Waals surface area contributed by atoms with Crippen molar-refractivity contribution in [3.05, 3.63) is 0 Å². The van der Waals surface area contributed by atoms with Crippen molar-refractivity contribution in [3.8, 4) is 0 Å². The summed E-state index contributed by atoms with van der Waals surface area (Å²) in [5.41, 5.74) is -0.0110. The fourth-order valence-corrected chi connectivity index (χ4v) is 0.655. The SMILES string of the molecule is CCC(C)(C)OCCCC[O]. The molecule has 67 valence electrons. The summed E-state index contributed by atoms with van der Waals surface area (Å²) < 4.78 is 5.54. The van der Waals surface area contributed by atoms with E-state index >= 15 is 0 Å². The van der Waals surface area contributed by atoms with E-state index in [2.05, 4.69) is 20.8 Å². The van der Waals surface area contributed by atoms with E-state index in [1.807, 2.05) is 0 Å². The Labute approximate surface area is 69.6 Å². The first-order valence-corrected chi connectivity index (χ1v) is 4.34. The predicted octanol–water partition coefficient (Wildman–Crippen LogP) is 2.40. The van der Waals surface area contributed by atoms with E-state index in [9.17, 15) is 5.11 Å².